The van der Waals surface area contributed by atoms with Gasteiger partial charge in [-0.3, -0.25) is 0 Å². The lowest BCUT2D eigenvalue weighted by Gasteiger charge is -2.46. The number of hydrogen-bond acceptors (Lipinski definition) is 2. The Balaban J connectivity index is 1.91. The Labute approximate surface area is 127 Å². The molecule has 0 radical (unpaired) electrons. The fourth-order valence-electron chi connectivity index (χ4n) is 3.61. The molecule has 0 amide bonds. The maximum absolute atomic E-state index is 12.6. The van der Waals surface area contributed by atoms with Gasteiger partial charge in [0.1, 0.15) is 0 Å². The molecule has 1 aromatic carbocycles. The highest BCUT2D eigenvalue weighted by atomic mass is 32.2. The molecule has 1 heterocycles. The van der Waals surface area contributed by atoms with Crippen LogP contribution in [0.15, 0.2) is 43.0 Å². The lowest BCUT2D eigenvalue weighted by atomic mass is 9.80. The van der Waals surface area contributed by atoms with Crippen LogP contribution < -0.4 is 4.72 Å². The van der Waals surface area contributed by atoms with E-state index in [9.17, 15) is 8.42 Å². The summed E-state index contributed by atoms with van der Waals surface area (Å²) in [5.41, 5.74) is 1.03. The van der Waals surface area contributed by atoms with Crippen molar-refractivity contribution in [3.05, 3.63) is 48.6 Å². The highest BCUT2D eigenvalue weighted by Gasteiger charge is 2.45. The highest BCUT2D eigenvalue weighted by Crippen LogP contribution is 2.36. The third-order valence-corrected chi connectivity index (χ3v) is 6.23. The molecule has 1 aliphatic carbocycles. The van der Waals surface area contributed by atoms with Gasteiger partial charge in [-0.2, -0.15) is 17.4 Å². The fourth-order valence-corrected chi connectivity index (χ4v) is 5.30. The maximum Gasteiger partial charge on any atom is 0.280 e. The lowest BCUT2D eigenvalue weighted by molar-refractivity contribution is 0.136. The first kappa shape index (κ1) is 14.8. The first-order chi connectivity index (χ1) is 10.1. The number of rotatable bonds is 3. The van der Waals surface area contributed by atoms with Crippen molar-refractivity contribution >= 4 is 10.2 Å². The molecule has 2 aliphatic rings. The van der Waals surface area contributed by atoms with Crippen LogP contribution in [-0.2, 0) is 16.8 Å². The molecule has 1 saturated carbocycles. The van der Waals surface area contributed by atoms with Crippen LogP contribution in [-0.4, -0.2) is 24.8 Å². The van der Waals surface area contributed by atoms with E-state index in [1.54, 1.807) is 10.4 Å². The van der Waals surface area contributed by atoms with Crippen molar-refractivity contribution in [1.82, 2.24) is 9.03 Å². The van der Waals surface area contributed by atoms with E-state index >= 15 is 0 Å². The van der Waals surface area contributed by atoms with Gasteiger partial charge in [-0.1, -0.05) is 49.2 Å². The predicted octanol–water partition coefficient (Wildman–Crippen LogP) is 2.45. The Kier molecular flexibility index (Phi) is 4.15. The first-order valence-corrected chi connectivity index (χ1v) is 9.01. The summed E-state index contributed by atoms with van der Waals surface area (Å²) in [6.07, 6.45) is 6.04. The van der Waals surface area contributed by atoms with Gasteiger partial charge >= 0.3 is 0 Å². The molecule has 21 heavy (non-hydrogen) atoms. The van der Waals surface area contributed by atoms with Gasteiger partial charge in [0.2, 0.25) is 0 Å². The van der Waals surface area contributed by atoms with Gasteiger partial charge in [0.25, 0.3) is 10.2 Å². The minimum atomic E-state index is -3.44. The van der Waals surface area contributed by atoms with Gasteiger partial charge in [0, 0.05) is 18.6 Å². The number of hydrogen-bond donors (Lipinski definition) is 1. The average molecular weight is 306 g/mol. The van der Waals surface area contributed by atoms with Crippen molar-refractivity contribution in [3.63, 3.8) is 0 Å². The zero-order chi connectivity index (χ0) is 14.9. The van der Waals surface area contributed by atoms with E-state index in [4.69, 9.17) is 0 Å². The van der Waals surface area contributed by atoms with E-state index in [0.29, 0.717) is 12.5 Å². The molecule has 1 saturated heterocycles. The summed E-state index contributed by atoms with van der Waals surface area (Å²) in [5.74, 6) is 0.337. The van der Waals surface area contributed by atoms with E-state index in [1.165, 1.54) is 6.42 Å². The van der Waals surface area contributed by atoms with Crippen LogP contribution in [0, 0.1) is 5.92 Å². The zero-order valence-electron chi connectivity index (χ0n) is 12.1. The van der Waals surface area contributed by atoms with Gasteiger partial charge in [0.05, 0.1) is 0 Å². The molecule has 0 bridgehead atoms. The van der Waals surface area contributed by atoms with Crippen LogP contribution in [0.5, 0.6) is 0 Å². The second-order valence-corrected chi connectivity index (χ2v) is 7.59. The second kappa shape index (κ2) is 5.91. The van der Waals surface area contributed by atoms with Crippen molar-refractivity contribution < 1.29 is 8.42 Å². The minimum absolute atomic E-state index is 0.0909. The van der Waals surface area contributed by atoms with Gasteiger partial charge in [-0.05, 0) is 24.3 Å². The molecule has 1 aliphatic heterocycles. The number of fused-ring (bicyclic) bond motifs is 1. The maximum atomic E-state index is 12.6. The van der Waals surface area contributed by atoms with Crippen LogP contribution in [0.3, 0.4) is 0 Å². The van der Waals surface area contributed by atoms with Gasteiger partial charge in [0.15, 0.2) is 0 Å². The van der Waals surface area contributed by atoms with E-state index < -0.39 is 10.2 Å². The first-order valence-electron chi connectivity index (χ1n) is 7.57. The summed E-state index contributed by atoms with van der Waals surface area (Å²) in [5, 5.41) is 0. The summed E-state index contributed by atoms with van der Waals surface area (Å²) >= 11 is 0. The molecule has 3 rings (SSSR count). The lowest BCUT2D eigenvalue weighted by Crippen LogP contribution is -2.61. The molecular formula is C16H22N2O2S. The third kappa shape index (κ3) is 2.91. The van der Waals surface area contributed by atoms with Crippen LogP contribution in [0.25, 0.3) is 0 Å². The SMILES string of the molecule is C=C[C@H]1NS(=O)(=O)N(Cc2ccccc2)[C@@H]2CCCC[C@H]21. The van der Waals surface area contributed by atoms with Crippen molar-refractivity contribution in [2.75, 3.05) is 0 Å². The second-order valence-electron chi connectivity index (χ2n) is 5.93. The predicted molar refractivity (Wildman–Crippen MR) is 83.8 cm³/mol. The normalized spacial score (nSPS) is 32.3. The minimum Gasteiger partial charge on any atom is -0.195 e. The molecule has 4 nitrogen and oxygen atoms in total. The summed E-state index contributed by atoms with van der Waals surface area (Å²) in [6.45, 7) is 4.25. The molecule has 0 unspecified atom stereocenters. The summed E-state index contributed by atoms with van der Waals surface area (Å²) in [6, 6.07) is 9.76. The third-order valence-electron chi connectivity index (χ3n) is 4.64. The summed E-state index contributed by atoms with van der Waals surface area (Å²) in [7, 11) is -3.44. The van der Waals surface area contributed by atoms with Gasteiger partial charge in [-0.25, -0.2) is 0 Å². The topological polar surface area (TPSA) is 49.4 Å². The molecule has 0 spiro atoms. The molecule has 1 aromatic rings. The quantitative estimate of drug-likeness (QED) is 0.872. The molecule has 0 aromatic heterocycles. The molecule has 3 atom stereocenters. The Morgan fingerprint density at radius 3 is 2.67 bits per heavy atom. The van der Waals surface area contributed by atoms with E-state index in [2.05, 4.69) is 11.3 Å². The standard InChI is InChI=1S/C16H22N2O2S/c1-2-15-14-10-6-7-11-16(14)18(21(19,20)17-15)12-13-8-4-3-5-9-13/h2-5,8-9,14-17H,1,6-7,10-12H2/t14-,15+,16+/m0/s1. The van der Waals surface area contributed by atoms with Crippen LogP contribution in [0.1, 0.15) is 31.2 Å². The number of nitrogens with one attached hydrogen (secondary N) is 1. The molecule has 1 N–H and O–H groups in total. The summed E-state index contributed by atoms with van der Waals surface area (Å²) < 4.78 is 29.6. The molecule has 114 valence electrons. The molecule has 2 fully saturated rings. The van der Waals surface area contributed by atoms with E-state index in [-0.39, 0.29) is 12.1 Å². The van der Waals surface area contributed by atoms with Gasteiger partial charge < -0.3 is 0 Å². The summed E-state index contributed by atoms with van der Waals surface area (Å²) in [4.78, 5) is 0. The number of benzene rings is 1. The van der Waals surface area contributed by atoms with Crippen molar-refractivity contribution in [1.29, 1.82) is 0 Å². The van der Waals surface area contributed by atoms with Crippen molar-refractivity contribution in [3.8, 4) is 0 Å². The van der Waals surface area contributed by atoms with Crippen molar-refractivity contribution in [2.45, 2.75) is 44.3 Å². The highest BCUT2D eigenvalue weighted by molar-refractivity contribution is 7.87. The Morgan fingerprint density at radius 2 is 1.95 bits per heavy atom. The van der Waals surface area contributed by atoms with Crippen LogP contribution in [0.4, 0.5) is 0 Å². The van der Waals surface area contributed by atoms with Crippen LogP contribution >= 0.6 is 0 Å². The van der Waals surface area contributed by atoms with Gasteiger partial charge in [-0.15, -0.1) is 6.58 Å². The Morgan fingerprint density at radius 1 is 1.24 bits per heavy atom. The Bertz CT molecular complexity index is 600. The van der Waals surface area contributed by atoms with Crippen LogP contribution in [0.2, 0.25) is 0 Å². The largest absolute Gasteiger partial charge is 0.280 e. The zero-order valence-corrected chi connectivity index (χ0v) is 12.9. The molecular weight excluding hydrogens is 284 g/mol. The van der Waals surface area contributed by atoms with E-state index in [1.807, 2.05) is 30.3 Å². The number of nitrogens with zero attached hydrogens (tertiary/aromatic N) is 1. The van der Waals surface area contributed by atoms with E-state index in [0.717, 1.165) is 24.8 Å². The average Bonchev–Trinajstić information content (AvgIpc) is 2.51. The molecule has 5 heteroatoms. The van der Waals surface area contributed by atoms with Crippen molar-refractivity contribution in [2.24, 2.45) is 5.92 Å². The fraction of sp³-hybridized carbons (Fsp3) is 0.500. The smallest absolute Gasteiger partial charge is 0.195 e. The monoisotopic (exact) mass is 306 g/mol. The Hall–Kier alpha value is -1.17.